The number of ether oxygens (including phenoxy) is 1. The Morgan fingerprint density at radius 3 is 2.89 bits per heavy atom. The van der Waals surface area contributed by atoms with Gasteiger partial charge in [-0.2, -0.15) is 0 Å². The van der Waals surface area contributed by atoms with E-state index in [1.807, 2.05) is 13.8 Å². The second-order valence-corrected chi connectivity index (χ2v) is 4.23. The van der Waals surface area contributed by atoms with Gasteiger partial charge in [-0.15, -0.1) is 5.10 Å². The molecule has 0 aliphatic heterocycles. The van der Waals surface area contributed by atoms with Gasteiger partial charge < -0.3 is 10.5 Å². The summed E-state index contributed by atoms with van der Waals surface area (Å²) in [4.78, 5) is 0. The molecular weight excluding hydrogens is 249 g/mol. The van der Waals surface area contributed by atoms with E-state index in [0.29, 0.717) is 30.3 Å². The van der Waals surface area contributed by atoms with Gasteiger partial charge in [0, 0.05) is 17.9 Å². The Bertz CT molecular complexity index is 537. The van der Waals surface area contributed by atoms with Crippen molar-refractivity contribution >= 4 is 5.69 Å². The Kier molecular flexibility index (Phi) is 4.06. The number of anilines is 1. The summed E-state index contributed by atoms with van der Waals surface area (Å²) in [6.45, 7) is 4.95. The van der Waals surface area contributed by atoms with E-state index in [-0.39, 0.29) is 6.04 Å². The number of nitrogens with two attached hydrogens (primary N) is 1. The van der Waals surface area contributed by atoms with Crippen LogP contribution in [0.25, 0.3) is 11.4 Å². The van der Waals surface area contributed by atoms with Gasteiger partial charge >= 0.3 is 0 Å². The van der Waals surface area contributed by atoms with Gasteiger partial charge in [0.05, 0.1) is 12.6 Å². The largest absolute Gasteiger partial charge is 0.399 e. The van der Waals surface area contributed by atoms with Crippen LogP contribution in [0.3, 0.4) is 0 Å². The zero-order chi connectivity index (χ0) is 13.8. The Morgan fingerprint density at radius 1 is 1.42 bits per heavy atom. The molecule has 1 unspecified atom stereocenters. The first-order chi connectivity index (χ1) is 9.11. The number of rotatable bonds is 5. The average molecular weight is 265 g/mol. The van der Waals surface area contributed by atoms with Crippen LogP contribution in [-0.2, 0) is 4.74 Å². The molecule has 2 aromatic rings. The van der Waals surface area contributed by atoms with Crippen molar-refractivity contribution < 1.29 is 9.13 Å². The maximum absolute atomic E-state index is 13.4. The smallest absolute Gasteiger partial charge is 0.182 e. The third-order valence-corrected chi connectivity index (χ3v) is 2.65. The van der Waals surface area contributed by atoms with Crippen molar-refractivity contribution in [2.75, 3.05) is 18.9 Å². The molecule has 0 radical (unpaired) electrons. The van der Waals surface area contributed by atoms with Crippen molar-refractivity contribution in [3.63, 3.8) is 0 Å². The molecular formula is C12H16FN5O. The van der Waals surface area contributed by atoms with Crippen molar-refractivity contribution in [1.29, 1.82) is 0 Å². The van der Waals surface area contributed by atoms with Gasteiger partial charge in [0.1, 0.15) is 5.82 Å². The first kappa shape index (κ1) is 13.4. The molecule has 1 atom stereocenters. The third kappa shape index (κ3) is 3.05. The zero-order valence-electron chi connectivity index (χ0n) is 10.9. The summed E-state index contributed by atoms with van der Waals surface area (Å²) in [5, 5.41) is 11.5. The Labute approximate surface area is 110 Å². The first-order valence-corrected chi connectivity index (χ1v) is 6.04. The fraction of sp³-hybridized carbons (Fsp3) is 0.417. The SMILES string of the molecule is CCOCC(C)n1nnnc1-c1cc(N)cc(F)c1. The maximum atomic E-state index is 13.4. The normalized spacial score (nSPS) is 12.6. The fourth-order valence-corrected chi connectivity index (χ4v) is 1.78. The first-order valence-electron chi connectivity index (χ1n) is 6.04. The third-order valence-electron chi connectivity index (χ3n) is 2.65. The fourth-order valence-electron chi connectivity index (χ4n) is 1.78. The Balaban J connectivity index is 2.32. The summed E-state index contributed by atoms with van der Waals surface area (Å²) >= 11 is 0. The van der Waals surface area contributed by atoms with E-state index < -0.39 is 5.82 Å². The number of halogens is 1. The maximum Gasteiger partial charge on any atom is 0.182 e. The zero-order valence-corrected chi connectivity index (χ0v) is 10.9. The van der Waals surface area contributed by atoms with Crippen molar-refractivity contribution in [2.24, 2.45) is 0 Å². The minimum absolute atomic E-state index is 0.0468. The van der Waals surface area contributed by atoms with Crippen molar-refractivity contribution in [3.8, 4) is 11.4 Å². The summed E-state index contributed by atoms with van der Waals surface area (Å²) in [6.07, 6.45) is 0. The number of hydrogen-bond donors (Lipinski definition) is 1. The second-order valence-electron chi connectivity index (χ2n) is 4.23. The van der Waals surface area contributed by atoms with E-state index in [0.717, 1.165) is 0 Å². The highest BCUT2D eigenvalue weighted by Gasteiger charge is 2.15. The molecule has 0 saturated heterocycles. The highest BCUT2D eigenvalue weighted by atomic mass is 19.1. The van der Waals surface area contributed by atoms with E-state index in [1.54, 1.807) is 10.7 Å². The molecule has 0 fully saturated rings. The van der Waals surface area contributed by atoms with Crippen LogP contribution in [0.4, 0.5) is 10.1 Å². The monoisotopic (exact) mass is 265 g/mol. The molecule has 1 aromatic heterocycles. The molecule has 102 valence electrons. The van der Waals surface area contributed by atoms with Crippen LogP contribution in [0.2, 0.25) is 0 Å². The molecule has 7 heteroatoms. The lowest BCUT2D eigenvalue weighted by atomic mass is 10.2. The number of tetrazole rings is 1. The van der Waals surface area contributed by atoms with Gasteiger partial charge in [-0.05, 0) is 42.5 Å². The molecule has 19 heavy (non-hydrogen) atoms. The minimum Gasteiger partial charge on any atom is -0.399 e. The van der Waals surface area contributed by atoms with Gasteiger partial charge in [0.15, 0.2) is 5.82 Å². The number of nitrogen functional groups attached to an aromatic ring is 1. The summed E-state index contributed by atoms with van der Waals surface area (Å²) in [7, 11) is 0. The van der Waals surface area contributed by atoms with Crippen LogP contribution < -0.4 is 5.73 Å². The second kappa shape index (κ2) is 5.75. The molecule has 6 nitrogen and oxygen atoms in total. The van der Waals surface area contributed by atoms with Crippen LogP contribution >= 0.6 is 0 Å². The molecule has 2 N–H and O–H groups in total. The van der Waals surface area contributed by atoms with Crippen LogP contribution in [0, 0.1) is 5.82 Å². The number of nitrogens with zero attached hydrogens (tertiary/aromatic N) is 4. The average Bonchev–Trinajstić information content (AvgIpc) is 2.84. The standard InChI is InChI=1S/C12H16FN5O/c1-3-19-7-8(2)18-12(15-16-17-18)9-4-10(13)6-11(14)5-9/h4-6,8H,3,7,14H2,1-2H3. The summed E-state index contributed by atoms with van der Waals surface area (Å²) in [6, 6.07) is 4.20. The van der Waals surface area contributed by atoms with E-state index >= 15 is 0 Å². The molecule has 0 amide bonds. The molecule has 0 spiro atoms. The van der Waals surface area contributed by atoms with E-state index in [4.69, 9.17) is 10.5 Å². The van der Waals surface area contributed by atoms with Crippen LogP contribution in [-0.4, -0.2) is 33.4 Å². The minimum atomic E-state index is -0.415. The van der Waals surface area contributed by atoms with Gasteiger partial charge in [-0.25, -0.2) is 9.07 Å². The quantitative estimate of drug-likeness (QED) is 0.832. The molecule has 1 heterocycles. The van der Waals surface area contributed by atoms with E-state index in [1.165, 1.54) is 12.1 Å². The van der Waals surface area contributed by atoms with E-state index in [9.17, 15) is 4.39 Å². The molecule has 0 aliphatic carbocycles. The van der Waals surface area contributed by atoms with Crippen LogP contribution in [0.15, 0.2) is 18.2 Å². The number of aromatic nitrogens is 4. The molecule has 1 aromatic carbocycles. The van der Waals surface area contributed by atoms with Crippen molar-refractivity contribution in [1.82, 2.24) is 20.2 Å². The highest BCUT2D eigenvalue weighted by molar-refractivity contribution is 5.61. The van der Waals surface area contributed by atoms with Gasteiger partial charge in [0.2, 0.25) is 0 Å². The molecule has 0 bridgehead atoms. The van der Waals surface area contributed by atoms with Gasteiger partial charge in [-0.3, -0.25) is 0 Å². The summed E-state index contributed by atoms with van der Waals surface area (Å²) in [5.74, 6) is 0.0559. The predicted octanol–water partition coefficient (Wildman–Crippen LogP) is 1.66. The van der Waals surface area contributed by atoms with Gasteiger partial charge in [0.25, 0.3) is 0 Å². The lowest BCUT2D eigenvalue weighted by Crippen LogP contribution is -2.15. The summed E-state index contributed by atoms with van der Waals surface area (Å²) < 4.78 is 20.3. The number of benzene rings is 1. The van der Waals surface area contributed by atoms with Crippen molar-refractivity contribution in [2.45, 2.75) is 19.9 Å². The Morgan fingerprint density at radius 2 is 2.21 bits per heavy atom. The molecule has 0 saturated carbocycles. The molecule has 2 rings (SSSR count). The predicted molar refractivity (Wildman–Crippen MR) is 68.8 cm³/mol. The highest BCUT2D eigenvalue weighted by Crippen LogP contribution is 2.22. The summed E-state index contributed by atoms with van der Waals surface area (Å²) in [5.41, 5.74) is 6.51. The molecule has 0 aliphatic rings. The van der Waals surface area contributed by atoms with Gasteiger partial charge in [-0.1, -0.05) is 0 Å². The van der Waals surface area contributed by atoms with Crippen LogP contribution in [0.1, 0.15) is 19.9 Å². The van der Waals surface area contributed by atoms with E-state index in [2.05, 4.69) is 15.5 Å². The lowest BCUT2D eigenvalue weighted by Gasteiger charge is -2.13. The Hall–Kier alpha value is -2.02. The number of hydrogen-bond acceptors (Lipinski definition) is 5. The van der Waals surface area contributed by atoms with Crippen molar-refractivity contribution in [3.05, 3.63) is 24.0 Å². The van der Waals surface area contributed by atoms with Crippen LogP contribution in [0.5, 0.6) is 0 Å². The lowest BCUT2D eigenvalue weighted by molar-refractivity contribution is 0.115. The topological polar surface area (TPSA) is 78.8 Å².